The number of benzene rings is 1. The number of phenols is 1. The van der Waals surface area contributed by atoms with Gasteiger partial charge in [-0.3, -0.25) is 0 Å². The number of phenolic OH excluding ortho intramolecular Hbond substituents is 1. The van der Waals surface area contributed by atoms with E-state index in [1.165, 1.54) is 0 Å². The average Bonchev–Trinajstić information content (AvgIpc) is 2.53. The highest BCUT2D eigenvalue weighted by molar-refractivity contribution is 5.57. The lowest BCUT2D eigenvalue weighted by atomic mass is 10.1. The summed E-state index contributed by atoms with van der Waals surface area (Å²) in [7, 11) is 1.55. The second kappa shape index (κ2) is 2.83. The number of hydrogen-bond acceptors (Lipinski definition) is 3. The first-order valence-corrected chi connectivity index (χ1v) is 4.26. The molecule has 2 rings (SSSR count). The molecule has 1 aromatic rings. The smallest absolute Gasteiger partial charge is 0.167 e. The van der Waals surface area contributed by atoms with E-state index in [9.17, 15) is 5.11 Å². The monoisotopic (exact) mass is 180 g/mol. The minimum atomic E-state index is 0.198. The van der Waals surface area contributed by atoms with Crippen LogP contribution in [0, 0.1) is 6.92 Å². The molecule has 3 heteroatoms. The van der Waals surface area contributed by atoms with Crippen LogP contribution in [-0.2, 0) is 6.42 Å². The van der Waals surface area contributed by atoms with Crippen LogP contribution in [0.4, 0.5) is 0 Å². The minimum Gasteiger partial charge on any atom is -0.504 e. The van der Waals surface area contributed by atoms with Crippen molar-refractivity contribution in [1.82, 2.24) is 0 Å². The Morgan fingerprint density at radius 3 is 3.00 bits per heavy atom. The predicted octanol–water partition coefficient (Wildman–Crippen LogP) is 1.64. The summed E-state index contributed by atoms with van der Waals surface area (Å²) in [6.07, 6.45) is 0.869. The Bertz CT molecular complexity index is 341. The third-order valence-corrected chi connectivity index (χ3v) is 2.34. The highest BCUT2D eigenvalue weighted by atomic mass is 16.5. The zero-order chi connectivity index (χ0) is 9.42. The van der Waals surface area contributed by atoms with Crippen molar-refractivity contribution in [3.05, 3.63) is 17.2 Å². The average molecular weight is 180 g/mol. The summed E-state index contributed by atoms with van der Waals surface area (Å²) in [5, 5.41) is 9.57. The number of ether oxygens (including phenoxy) is 2. The van der Waals surface area contributed by atoms with Gasteiger partial charge in [-0.05, 0) is 13.0 Å². The van der Waals surface area contributed by atoms with E-state index in [1.54, 1.807) is 13.2 Å². The van der Waals surface area contributed by atoms with Crippen LogP contribution in [0.1, 0.15) is 11.1 Å². The molecule has 0 bridgehead atoms. The molecule has 1 N–H and O–H groups in total. The molecular weight excluding hydrogens is 168 g/mol. The summed E-state index contributed by atoms with van der Waals surface area (Å²) in [5.41, 5.74) is 1.95. The number of methoxy groups -OCH3 is 1. The molecule has 0 saturated heterocycles. The van der Waals surface area contributed by atoms with E-state index in [1.807, 2.05) is 6.92 Å². The highest BCUT2D eigenvalue weighted by Gasteiger charge is 2.20. The normalized spacial score (nSPS) is 13.7. The van der Waals surface area contributed by atoms with Crippen molar-refractivity contribution in [3.63, 3.8) is 0 Å². The molecule has 70 valence electrons. The maximum atomic E-state index is 9.57. The SMILES string of the molecule is COc1c(O)cc2c(c1C)OCC2. The zero-order valence-corrected chi connectivity index (χ0v) is 7.76. The van der Waals surface area contributed by atoms with Crippen LogP contribution in [0.5, 0.6) is 17.2 Å². The van der Waals surface area contributed by atoms with Crippen molar-refractivity contribution >= 4 is 0 Å². The summed E-state index contributed by atoms with van der Waals surface area (Å²) in [6.45, 7) is 2.59. The zero-order valence-electron chi connectivity index (χ0n) is 7.76. The first-order valence-electron chi connectivity index (χ1n) is 4.26. The summed E-state index contributed by atoms with van der Waals surface area (Å²) >= 11 is 0. The van der Waals surface area contributed by atoms with Gasteiger partial charge in [0.05, 0.1) is 13.7 Å². The molecule has 0 saturated carbocycles. The molecule has 0 aliphatic carbocycles. The maximum Gasteiger partial charge on any atom is 0.167 e. The Morgan fingerprint density at radius 2 is 2.31 bits per heavy atom. The molecule has 1 aliphatic heterocycles. The van der Waals surface area contributed by atoms with Gasteiger partial charge in [-0.1, -0.05) is 0 Å². The van der Waals surface area contributed by atoms with Crippen molar-refractivity contribution < 1.29 is 14.6 Å². The molecule has 0 amide bonds. The van der Waals surface area contributed by atoms with Crippen LogP contribution in [0.3, 0.4) is 0 Å². The van der Waals surface area contributed by atoms with Crippen molar-refractivity contribution in [1.29, 1.82) is 0 Å². The maximum absolute atomic E-state index is 9.57. The Kier molecular flexibility index (Phi) is 1.79. The Morgan fingerprint density at radius 1 is 1.54 bits per heavy atom. The standard InChI is InChI=1S/C10H12O3/c1-6-9-7(3-4-13-9)5-8(11)10(6)12-2/h5,11H,3-4H2,1-2H3. The van der Waals surface area contributed by atoms with Gasteiger partial charge in [0.1, 0.15) is 5.75 Å². The molecule has 1 aliphatic rings. The van der Waals surface area contributed by atoms with E-state index in [0.717, 1.165) is 23.3 Å². The van der Waals surface area contributed by atoms with E-state index >= 15 is 0 Å². The third kappa shape index (κ3) is 1.11. The third-order valence-electron chi connectivity index (χ3n) is 2.34. The van der Waals surface area contributed by atoms with Crippen LogP contribution in [0.15, 0.2) is 6.07 Å². The van der Waals surface area contributed by atoms with Gasteiger partial charge in [0.25, 0.3) is 0 Å². The van der Waals surface area contributed by atoms with E-state index in [0.29, 0.717) is 12.4 Å². The summed E-state index contributed by atoms with van der Waals surface area (Å²) in [5.74, 6) is 1.58. The quantitative estimate of drug-likeness (QED) is 0.714. The van der Waals surface area contributed by atoms with E-state index < -0.39 is 0 Å². The van der Waals surface area contributed by atoms with Gasteiger partial charge in [-0.25, -0.2) is 0 Å². The van der Waals surface area contributed by atoms with Gasteiger partial charge < -0.3 is 14.6 Å². The molecule has 0 unspecified atom stereocenters. The molecule has 0 radical (unpaired) electrons. The molecule has 13 heavy (non-hydrogen) atoms. The van der Waals surface area contributed by atoms with Crippen molar-refractivity contribution in [2.75, 3.05) is 13.7 Å². The molecule has 0 fully saturated rings. The Balaban J connectivity index is 2.62. The van der Waals surface area contributed by atoms with Crippen molar-refractivity contribution in [2.24, 2.45) is 0 Å². The number of hydrogen-bond donors (Lipinski definition) is 1. The highest BCUT2D eigenvalue weighted by Crippen LogP contribution is 2.41. The number of rotatable bonds is 1. The van der Waals surface area contributed by atoms with Gasteiger partial charge in [-0.2, -0.15) is 0 Å². The first kappa shape index (κ1) is 8.23. The summed E-state index contributed by atoms with van der Waals surface area (Å²) < 4.78 is 10.5. The van der Waals surface area contributed by atoms with Crippen molar-refractivity contribution in [3.8, 4) is 17.2 Å². The van der Waals surface area contributed by atoms with Crippen LogP contribution in [0.2, 0.25) is 0 Å². The van der Waals surface area contributed by atoms with Gasteiger partial charge in [0.15, 0.2) is 11.5 Å². The fourth-order valence-corrected chi connectivity index (χ4v) is 1.74. The van der Waals surface area contributed by atoms with Crippen LogP contribution < -0.4 is 9.47 Å². The fraction of sp³-hybridized carbons (Fsp3) is 0.400. The van der Waals surface area contributed by atoms with E-state index in [4.69, 9.17) is 9.47 Å². The van der Waals surface area contributed by atoms with Crippen LogP contribution >= 0.6 is 0 Å². The largest absolute Gasteiger partial charge is 0.504 e. The van der Waals surface area contributed by atoms with Crippen LogP contribution in [0.25, 0.3) is 0 Å². The molecule has 1 heterocycles. The predicted molar refractivity (Wildman–Crippen MR) is 48.6 cm³/mol. The van der Waals surface area contributed by atoms with Gasteiger partial charge in [0.2, 0.25) is 0 Å². The summed E-state index contributed by atoms with van der Waals surface area (Å²) in [6, 6.07) is 1.72. The van der Waals surface area contributed by atoms with Crippen molar-refractivity contribution in [2.45, 2.75) is 13.3 Å². The summed E-state index contributed by atoms with van der Waals surface area (Å²) in [4.78, 5) is 0. The molecule has 3 nitrogen and oxygen atoms in total. The lowest BCUT2D eigenvalue weighted by Crippen LogP contribution is -1.92. The minimum absolute atomic E-state index is 0.198. The second-order valence-electron chi connectivity index (χ2n) is 3.14. The number of aromatic hydroxyl groups is 1. The lowest BCUT2D eigenvalue weighted by molar-refractivity contribution is 0.343. The van der Waals surface area contributed by atoms with E-state index in [-0.39, 0.29) is 5.75 Å². The van der Waals surface area contributed by atoms with Gasteiger partial charge in [-0.15, -0.1) is 0 Å². The molecule has 0 spiro atoms. The van der Waals surface area contributed by atoms with Gasteiger partial charge in [0, 0.05) is 17.5 Å². The number of fused-ring (bicyclic) bond motifs is 1. The first-order chi connectivity index (χ1) is 6.24. The molecule has 0 aromatic heterocycles. The molecular formula is C10H12O3. The van der Waals surface area contributed by atoms with Gasteiger partial charge >= 0.3 is 0 Å². The Hall–Kier alpha value is -1.38. The van der Waals surface area contributed by atoms with Crippen LogP contribution in [-0.4, -0.2) is 18.8 Å². The molecule has 0 atom stereocenters. The lowest BCUT2D eigenvalue weighted by Gasteiger charge is -2.10. The van der Waals surface area contributed by atoms with E-state index in [2.05, 4.69) is 0 Å². The Labute approximate surface area is 76.9 Å². The molecule has 1 aromatic carbocycles. The second-order valence-corrected chi connectivity index (χ2v) is 3.14. The fourth-order valence-electron chi connectivity index (χ4n) is 1.74. The topological polar surface area (TPSA) is 38.7 Å².